The van der Waals surface area contributed by atoms with Crippen molar-refractivity contribution in [2.45, 2.75) is 69.1 Å². The van der Waals surface area contributed by atoms with Crippen molar-refractivity contribution in [2.75, 3.05) is 19.7 Å². The second-order valence-electron chi connectivity index (χ2n) is 12.1. The molecule has 0 spiro atoms. The van der Waals surface area contributed by atoms with E-state index in [4.69, 9.17) is 22.1 Å². The first-order valence-corrected chi connectivity index (χ1v) is 17.0. The SMILES string of the molecule is CCCC1[C@H](C(=O)N2CCc3cc(Cl)ccc3C2(CCO)C(N)=O)C(Oc2csc(C(F)(F)F)c2)CCN1C(=O)c1ncccc1C(F)(F)F. The maximum Gasteiger partial charge on any atom is 0.425 e. The minimum atomic E-state index is -4.93. The van der Waals surface area contributed by atoms with Gasteiger partial charge in [-0.1, -0.05) is 31.0 Å². The van der Waals surface area contributed by atoms with E-state index in [1.54, 1.807) is 13.0 Å². The number of halogens is 7. The highest BCUT2D eigenvalue weighted by Crippen LogP contribution is 2.44. The highest BCUT2D eigenvalue weighted by molar-refractivity contribution is 7.10. The number of thiophene rings is 1. The Morgan fingerprint density at radius 2 is 1.86 bits per heavy atom. The summed E-state index contributed by atoms with van der Waals surface area (Å²) in [5.74, 6) is -4.45. The lowest BCUT2D eigenvalue weighted by molar-refractivity contribution is -0.159. The molecule has 0 aliphatic carbocycles. The number of pyridine rings is 1. The molecule has 0 radical (unpaired) electrons. The number of carbonyl (C=O) groups is 3. The van der Waals surface area contributed by atoms with E-state index in [9.17, 15) is 41.0 Å². The van der Waals surface area contributed by atoms with E-state index in [1.807, 2.05) is 0 Å². The maximum atomic E-state index is 15.0. The number of likely N-dealkylation sites (tertiary alicyclic amines) is 1. The van der Waals surface area contributed by atoms with Gasteiger partial charge in [0.2, 0.25) is 11.8 Å². The lowest BCUT2D eigenvalue weighted by atomic mass is 9.75. The summed E-state index contributed by atoms with van der Waals surface area (Å²) in [5.41, 5.74) is 2.85. The molecular formula is C33H33ClF6N4O5S. The summed E-state index contributed by atoms with van der Waals surface area (Å²) in [6.07, 6.45) is -9.65. The highest BCUT2D eigenvalue weighted by atomic mass is 35.5. The standard InChI is InChI=1S/C33H33ClF6N4O5S/c1-2-4-23-26(28(46)44-13-8-18-15-19(34)6-7-21(18)31(44,10-14-45)30(41)48)24(49-20-16-25(50-17-20)33(38,39)40)9-12-43(23)29(47)27-22(32(35,36)37)5-3-11-42-27/h3,5-7,11,15-17,23-24,26,45H,2,4,8-10,12-14H2,1H3,(H2,41,48)/t23?,24?,26-,31?/m0/s1. The van der Waals surface area contributed by atoms with Crippen molar-refractivity contribution in [3.05, 3.63) is 80.3 Å². The molecule has 2 aromatic heterocycles. The fourth-order valence-corrected chi connectivity index (χ4v) is 7.96. The van der Waals surface area contributed by atoms with Gasteiger partial charge in [-0.2, -0.15) is 26.3 Å². The van der Waals surface area contributed by atoms with Gasteiger partial charge < -0.3 is 25.4 Å². The van der Waals surface area contributed by atoms with Crippen molar-refractivity contribution < 1.29 is 50.6 Å². The lowest BCUT2D eigenvalue weighted by Gasteiger charge is -2.51. The Hall–Kier alpha value is -3.89. The minimum absolute atomic E-state index is 0.0667. The number of rotatable bonds is 9. The number of hydrogen-bond donors (Lipinski definition) is 2. The van der Waals surface area contributed by atoms with Gasteiger partial charge >= 0.3 is 12.4 Å². The molecule has 3 aromatic rings. The van der Waals surface area contributed by atoms with Crippen molar-refractivity contribution in [1.82, 2.24) is 14.8 Å². The number of nitrogens with two attached hydrogens (primary N) is 1. The molecule has 4 heterocycles. The van der Waals surface area contributed by atoms with Crippen LogP contribution in [0.25, 0.3) is 0 Å². The fourth-order valence-electron chi connectivity index (χ4n) is 7.08. The van der Waals surface area contributed by atoms with Crippen molar-refractivity contribution in [1.29, 1.82) is 0 Å². The first kappa shape index (κ1) is 37.4. The predicted molar refractivity (Wildman–Crippen MR) is 170 cm³/mol. The van der Waals surface area contributed by atoms with Crippen molar-refractivity contribution in [2.24, 2.45) is 11.7 Å². The van der Waals surface area contributed by atoms with Crippen LogP contribution < -0.4 is 10.5 Å². The van der Waals surface area contributed by atoms with Crippen LogP contribution in [-0.2, 0) is 33.9 Å². The molecular weight excluding hydrogens is 714 g/mol. The van der Waals surface area contributed by atoms with E-state index in [0.717, 1.165) is 34.7 Å². The van der Waals surface area contributed by atoms with Crippen molar-refractivity contribution in [3.8, 4) is 5.75 Å². The predicted octanol–water partition coefficient (Wildman–Crippen LogP) is 6.06. The van der Waals surface area contributed by atoms with E-state index >= 15 is 4.79 Å². The first-order valence-electron chi connectivity index (χ1n) is 15.7. The van der Waals surface area contributed by atoms with Crippen LogP contribution in [0.1, 0.15) is 64.7 Å². The number of amides is 3. The summed E-state index contributed by atoms with van der Waals surface area (Å²) in [6.45, 7) is 0.810. The molecule has 1 saturated heterocycles. The van der Waals surface area contributed by atoms with Crippen molar-refractivity contribution >= 4 is 40.7 Å². The Bertz CT molecular complexity index is 1750. The number of benzene rings is 1. The summed E-state index contributed by atoms with van der Waals surface area (Å²) < 4.78 is 88.5. The van der Waals surface area contributed by atoms with E-state index in [-0.39, 0.29) is 44.5 Å². The number of ether oxygens (including phenoxy) is 1. The number of aromatic nitrogens is 1. The molecule has 2 aliphatic rings. The van der Waals surface area contributed by atoms with E-state index in [1.165, 1.54) is 17.0 Å². The molecule has 0 bridgehead atoms. The van der Waals surface area contributed by atoms with Gasteiger partial charge in [-0.25, -0.2) is 0 Å². The zero-order valence-electron chi connectivity index (χ0n) is 26.6. The largest absolute Gasteiger partial charge is 0.489 e. The van der Waals surface area contributed by atoms with Gasteiger partial charge in [0.15, 0.2) is 0 Å². The number of primary amides is 1. The van der Waals surface area contributed by atoms with Gasteiger partial charge in [-0.15, -0.1) is 11.3 Å². The molecule has 4 atom stereocenters. The normalized spacial score (nSPS) is 22.6. The molecule has 270 valence electrons. The van der Waals surface area contributed by atoms with E-state index in [2.05, 4.69) is 4.98 Å². The average Bonchev–Trinajstić information content (AvgIpc) is 3.53. The molecule has 3 unspecified atom stereocenters. The quantitative estimate of drug-likeness (QED) is 0.257. The smallest absolute Gasteiger partial charge is 0.425 e. The van der Waals surface area contributed by atoms with E-state index < -0.39 is 76.4 Å². The van der Waals surface area contributed by atoms with Crippen LogP contribution >= 0.6 is 22.9 Å². The van der Waals surface area contributed by atoms with Crippen LogP contribution in [-0.4, -0.2) is 69.5 Å². The topological polar surface area (TPSA) is 126 Å². The van der Waals surface area contributed by atoms with Crippen LogP contribution in [0, 0.1) is 5.92 Å². The number of piperidine rings is 1. The van der Waals surface area contributed by atoms with Crippen LogP contribution in [0.3, 0.4) is 0 Å². The number of nitrogens with zero attached hydrogens (tertiary/aromatic N) is 3. The molecule has 17 heteroatoms. The van der Waals surface area contributed by atoms with Crippen LogP contribution in [0.5, 0.6) is 5.75 Å². The monoisotopic (exact) mass is 746 g/mol. The summed E-state index contributed by atoms with van der Waals surface area (Å²) in [7, 11) is 0. The molecule has 0 saturated carbocycles. The van der Waals surface area contributed by atoms with E-state index in [0.29, 0.717) is 33.9 Å². The maximum absolute atomic E-state index is 15.0. The first-order chi connectivity index (χ1) is 23.5. The third kappa shape index (κ3) is 7.01. The molecule has 50 heavy (non-hydrogen) atoms. The van der Waals surface area contributed by atoms with Gasteiger partial charge in [0.05, 0.1) is 11.5 Å². The summed E-state index contributed by atoms with van der Waals surface area (Å²) in [5, 5.41) is 11.6. The Balaban J connectivity index is 1.64. The Morgan fingerprint density at radius 3 is 2.48 bits per heavy atom. The average molecular weight is 747 g/mol. The second kappa shape index (κ2) is 14.4. The van der Waals surface area contributed by atoms with Gasteiger partial charge in [0.25, 0.3) is 5.91 Å². The second-order valence-corrected chi connectivity index (χ2v) is 13.5. The Kier molecular flexibility index (Phi) is 10.8. The third-order valence-electron chi connectivity index (χ3n) is 9.18. The minimum Gasteiger partial charge on any atom is -0.489 e. The Labute approximate surface area is 292 Å². The zero-order valence-corrected chi connectivity index (χ0v) is 28.1. The summed E-state index contributed by atoms with van der Waals surface area (Å²) in [6, 6.07) is 6.02. The summed E-state index contributed by atoms with van der Waals surface area (Å²) >= 11 is 6.60. The molecule has 3 N–H and O–H groups in total. The van der Waals surface area contributed by atoms with Crippen molar-refractivity contribution in [3.63, 3.8) is 0 Å². The van der Waals surface area contributed by atoms with Crippen LogP contribution in [0.4, 0.5) is 26.3 Å². The number of alkyl halides is 6. The molecule has 1 aromatic carbocycles. The number of fused-ring (bicyclic) bond motifs is 1. The highest BCUT2D eigenvalue weighted by Gasteiger charge is 2.55. The molecule has 1 fully saturated rings. The number of aliphatic hydroxyl groups is 1. The number of hydrogen-bond acceptors (Lipinski definition) is 7. The zero-order chi connectivity index (χ0) is 36.6. The van der Waals surface area contributed by atoms with Gasteiger partial charge in [-0.3, -0.25) is 19.4 Å². The summed E-state index contributed by atoms with van der Waals surface area (Å²) in [4.78, 5) is 47.5. The Morgan fingerprint density at radius 1 is 1.12 bits per heavy atom. The third-order valence-corrected chi connectivity index (χ3v) is 10.4. The van der Waals surface area contributed by atoms with Gasteiger partial charge in [-0.05, 0) is 48.2 Å². The number of aliphatic hydroxyl groups excluding tert-OH is 1. The number of carbonyl (C=O) groups excluding carboxylic acids is 3. The lowest BCUT2D eigenvalue weighted by Crippen LogP contribution is -2.66. The molecule has 5 rings (SSSR count). The molecule has 2 aliphatic heterocycles. The fraction of sp³-hybridized carbons (Fsp3) is 0.455. The van der Waals surface area contributed by atoms with Crippen LogP contribution in [0.2, 0.25) is 5.02 Å². The van der Waals surface area contributed by atoms with Gasteiger partial charge in [0, 0.05) is 61.2 Å². The molecule has 9 nitrogen and oxygen atoms in total. The molecule has 3 amide bonds. The van der Waals surface area contributed by atoms with Crippen LogP contribution in [0.15, 0.2) is 48.0 Å². The van der Waals surface area contributed by atoms with Gasteiger partial charge in [0.1, 0.15) is 28.0 Å².